The highest BCUT2D eigenvalue weighted by molar-refractivity contribution is 7.48. The quantitative estimate of drug-likeness (QED) is 0.287. The molecule has 0 saturated carbocycles. The molecule has 2 aliphatic heterocycles. The van der Waals surface area contributed by atoms with Gasteiger partial charge in [0.15, 0.2) is 17.7 Å². The van der Waals surface area contributed by atoms with Crippen LogP contribution in [0.3, 0.4) is 0 Å². The fourth-order valence-electron chi connectivity index (χ4n) is 4.29. The topological polar surface area (TPSA) is 183 Å². The number of methoxy groups -OCH3 is 1. The highest BCUT2D eigenvalue weighted by Gasteiger charge is 2.53. The molecule has 6 rings (SSSR count). The van der Waals surface area contributed by atoms with Crippen LogP contribution in [0.25, 0.3) is 22.1 Å². The van der Waals surface area contributed by atoms with Crippen LogP contribution in [0.1, 0.15) is 11.8 Å². The van der Waals surface area contributed by atoms with Crippen LogP contribution in [0, 0.1) is 0 Å². The van der Waals surface area contributed by atoms with Crippen LogP contribution in [0.15, 0.2) is 46.1 Å². The predicted octanol–water partition coefficient (Wildman–Crippen LogP) is 1.52. The minimum absolute atomic E-state index is 0.159. The lowest BCUT2D eigenvalue weighted by molar-refractivity contribution is -0.0714. The summed E-state index contributed by atoms with van der Waals surface area (Å²) in [6.45, 7) is -0.431. The number of hydrogen-bond acceptors (Lipinski definition) is 13. The van der Waals surface area contributed by atoms with Crippen LogP contribution in [0.2, 0.25) is 0 Å². The summed E-state index contributed by atoms with van der Waals surface area (Å²) in [4.78, 5) is 24.3. The highest BCUT2D eigenvalue weighted by atomic mass is 31.2. The molecule has 2 saturated heterocycles. The van der Waals surface area contributed by atoms with E-state index < -0.39 is 38.0 Å². The van der Waals surface area contributed by atoms with Gasteiger partial charge in [0.05, 0.1) is 26.7 Å². The maximum atomic E-state index is 13.3. The summed E-state index contributed by atoms with van der Waals surface area (Å²) < 4.78 is 47.5. The van der Waals surface area contributed by atoms with Crippen LogP contribution in [-0.4, -0.2) is 56.7 Å². The largest absolute Gasteiger partial charge is 0.497 e. The molecule has 3 aromatic heterocycles. The summed E-state index contributed by atoms with van der Waals surface area (Å²) in [5, 5.41) is 11.5. The van der Waals surface area contributed by atoms with E-state index >= 15 is 0 Å². The van der Waals surface area contributed by atoms with Crippen molar-refractivity contribution in [3.05, 3.63) is 52.9 Å². The summed E-state index contributed by atoms with van der Waals surface area (Å²) >= 11 is 0. The molecule has 5 heterocycles. The lowest BCUT2D eigenvalue weighted by Crippen LogP contribution is -2.39. The Morgan fingerprint density at radius 2 is 2.14 bits per heavy atom. The third-order valence-corrected chi connectivity index (χ3v) is 7.45. The van der Waals surface area contributed by atoms with Gasteiger partial charge in [-0.05, 0) is 17.7 Å². The van der Waals surface area contributed by atoms with Gasteiger partial charge < -0.3 is 24.7 Å². The van der Waals surface area contributed by atoms with E-state index in [0.29, 0.717) is 27.9 Å². The lowest BCUT2D eigenvalue weighted by Gasteiger charge is -2.30. The average molecular weight is 517 g/mol. The molecule has 0 bridgehead atoms. The van der Waals surface area contributed by atoms with Crippen molar-refractivity contribution in [2.24, 2.45) is 0 Å². The molecule has 3 N–H and O–H groups in total. The summed E-state index contributed by atoms with van der Waals surface area (Å²) in [6, 6.07) is 6.17. The first-order valence-corrected chi connectivity index (χ1v) is 12.3. The van der Waals surface area contributed by atoms with E-state index in [2.05, 4.69) is 15.0 Å². The van der Waals surface area contributed by atoms with Crippen LogP contribution in [0.4, 0.5) is 5.82 Å². The zero-order valence-corrected chi connectivity index (χ0v) is 19.6. The number of imidazole rings is 1. The standard InChI is InChI=1S/C21H20N5O9P/c1-30-11-2-3-12-10(4-15(27)33-13(12)5-11)6-31-36(29)32-7-14-18(35-36)17(28)21(34-14)26-9-25-16-19(22)23-8-24-20(16)26/h2-5,8-9,14,17-18,21,28H,6-7H2,1H3,(H2,22,23,24)/t14-,17-,18-,21-,36+/m1/s1. The van der Waals surface area contributed by atoms with Gasteiger partial charge in [-0.2, -0.15) is 0 Å². The fourth-order valence-corrected chi connectivity index (χ4v) is 5.67. The first-order chi connectivity index (χ1) is 17.3. The lowest BCUT2D eigenvalue weighted by atomic mass is 10.1. The Bertz CT molecular complexity index is 1570. The third-order valence-electron chi connectivity index (χ3n) is 6.03. The molecule has 36 heavy (non-hydrogen) atoms. The minimum Gasteiger partial charge on any atom is -0.497 e. The first kappa shape index (κ1) is 23.0. The van der Waals surface area contributed by atoms with E-state index in [1.807, 2.05) is 0 Å². The fraction of sp³-hybridized carbons (Fsp3) is 0.333. The van der Waals surface area contributed by atoms with Crippen LogP contribution < -0.4 is 16.1 Å². The molecular weight excluding hydrogens is 497 g/mol. The van der Waals surface area contributed by atoms with Crippen molar-refractivity contribution in [3.63, 3.8) is 0 Å². The van der Waals surface area contributed by atoms with E-state index in [-0.39, 0.29) is 24.6 Å². The van der Waals surface area contributed by atoms with Crippen molar-refractivity contribution < 1.29 is 37.1 Å². The van der Waals surface area contributed by atoms with Crippen molar-refractivity contribution in [3.8, 4) is 5.75 Å². The number of nitrogens with two attached hydrogens (primary N) is 1. The molecular formula is C21H20N5O9P. The maximum Gasteiger partial charge on any atom is 0.475 e. The number of rotatable bonds is 5. The van der Waals surface area contributed by atoms with Gasteiger partial charge in [0.1, 0.15) is 41.5 Å². The first-order valence-electron chi connectivity index (χ1n) is 10.8. The molecule has 188 valence electrons. The molecule has 15 heteroatoms. The number of phosphoric acid groups is 1. The molecule has 0 unspecified atom stereocenters. The number of fused-ring (bicyclic) bond motifs is 3. The van der Waals surface area contributed by atoms with Crippen LogP contribution in [0.5, 0.6) is 5.75 Å². The number of aliphatic hydroxyl groups excluding tert-OH is 1. The number of benzene rings is 1. The summed E-state index contributed by atoms with van der Waals surface area (Å²) in [5.41, 5.74) is 6.63. The SMILES string of the molecule is COc1ccc2c(CO[P@@]3(=O)OC[C@H]4O[C@@H](n5cnc6c(N)ncnc65)[C@H](O)[C@@H]4O3)cc(=O)oc2c1. The van der Waals surface area contributed by atoms with Gasteiger partial charge in [-0.1, -0.05) is 0 Å². The van der Waals surface area contributed by atoms with E-state index in [1.54, 1.807) is 18.2 Å². The second-order valence-electron chi connectivity index (χ2n) is 8.18. The summed E-state index contributed by atoms with van der Waals surface area (Å²) in [5.74, 6) is 0.688. The number of nitrogens with zero attached hydrogens (tertiary/aromatic N) is 4. The zero-order valence-electron chi connectivity index (χ0n) is 18.7. The van der Waals surface area contributed by atoms with E-state index in [9.17, 15) is 14.5 Å². The Hall–Kier alpha value is -3.39. The van der Waals surface area contributed by atoms with Crippen molar-refractivity contribution >= 4 is 35.8 Å². The number of aromatic nitrogens is 4. The van der Waals surface area contributed by atoms with Gasteiger partial charge in [-0.3, -0.25) is 18.1 Å². The van der Waals surface area contributed by atoms with E-state index in [1.165, 1.54) is 30.4 Å². The third kappa shape index (κ3) is 3.84. The summed E-state index contributed by atoms with van der Waals surface area (Å²) in [7, 11) is -2.63. The van der Waals surface area contributed by atoms with Crippen LogP contribution >= 0.6 is 7.82 Å². The Labute approximate surface area is 202 Å². The molecule has 14 nitrogen and oxygen atoms in total. The number of anilines is 1. The molecule has 2 fully saturated rings. The molecule has 1 aromatic carbocycles. The number of hydrogen-bond donors (Lipinski definition) is 2. The second-order valence-corrected chi connectivity index (χ2v) is 9.80. The minimum atomic E-state index is -4.12. The smallest absolute Gasteiger partial charge is 0.475 e. The number of nitrogen functional groups attached to an aromatic ring is 1. The van der Waals surface area contributed by atoms with Crippen molar-refractivity contribution in [2.75, 3.05) is 19.5 Å². The predicted molar refractivity (Wildman–Crippen MR) is 122 cm³/mol. The average Bonchev–Trinajstić information content (AvgIpc) is 3.44. The monoisotopic (exact) mass is 517 g/mol. The van der Waals surface area contributed by atoms with Crippen molar-refractivity contribution in [1.82, 2.24) is 19.5 Å². The molecule has 5 atom stereocenters. The van der Waals surface area contributed by atoms with Gasteiger partial charge in [-0.25, -0.2) is 24.3 Å². The molecule has 0 spiro atoms. The Morgan fingerprint density at radius 1 is 1.28 bits per heavy atom. The molecule has 2 aliphatic rings. The van der Waals surface area contributed by atoms with Crippen molar-refractivity contribution in [1.29, 1.82) is 0 Å². The Kier molecular flexibility index (Phi) is 5.52. The Morgan fingerprint density at radius 3 is 2.97 bits per heavy atom. The van der Waals surface area contributed by atoms with Gasteiger partial charge in [-0.15, -0.1) is 0 Å². The van der Waals surface area contributed by atoms with Gasteiger partial charge >= 0.3 is 13.4 Å². The molecule has 4 aromatic rings. The zero-order chi connectivity index (χ0) is 25.0. The van der Waals surface area contributed by atoms with Crippen molar-refractivity contribution in [2.45, 2.75) is 31.1 Å². The van der Waals surface area contributed by atoms with Gasteiger partial charge in [0.25, 0.3) is 0 Å². The number of phosphoric ester groups is 1. The van der Waals surface area contributed by atoms with Gasteiger partial charge in [0, 0.05) is 17.5 Å². The normalized spacial score (nSPS) is 27.9. The maximum absolute atomic E-state index is 13.3. The highest BCUT2D eigenvalue weighted by Crippen LogP contribution is 2.57. The Balaban J connectivity index is 1.21. The molecule has 0 amide bonds. The molecule has 0 aliphatic carbocycles. The summed E-state index contributed by atoms with van der Waals surface area (Å²) in [6.07, 6.45) is -1.26. The van der Waals surface area contributed by atoms with E-state index in [4.69, 9.17) is 33.2 Å². The number of aliphatic hydroxyl groups is 1. The van der Waals surface area contributed by atoms with Gasteiger partial charge in [0.2, 0.25) is 0 Å². The second kappa shape index (κ2) is 8.62. The number of ether oxygens (including phenoxy) is 2. The molecule has 0 radical (unpaired) electrons. The van der Waals surface area contributed by atoms with E-state index in [0.717, 1.165) is 0 Å². The van der Waals surface area contributed by atoms with Crippen LogP contribution in [-0.2, 0) is 29.5 Å².